The molecule has 1 amide bonds. The Morgan fingerprint density at radius 2 is 1.54 bits per heavy atom. The fourth-order valence-corrected chi connectivity index (χ4v) is 6.50. The molecule has 0 atom stereocenters. The number of anilines is 3. The molecule has 0 saturated carbocycles. The molecule has 0 aliphatic heterocycles. The van der Waals surface area contributed by atoms with Crippen molar-refractivity contribution in [3.05, 3.63) is 118 Å². The number of nitrogens with zero attached hydrogens (tertiary/aromatic N) is 2. The number of hydrogen-bond donors (Lipinski definition) is 2. The number of nitro groups is 1. The van der Waals surface area contributed by atoms with Gasteiger partial charge in [-0.1, -0.05) is 41.9 Å². The Bertz CT molecular complexity index is 1820. The molecular weight excluding hydrogens is 592 g/mol. The van der Waals surface area contributed by atoms with Crippen molar-refractivity contribution in [3.63, 3.8) is 0 Å². The number of rotatable bonds is 10. The van der Waals surface area contributed by atoms with Gasteiger partial charge < -0.3 is 5.32 Å². The summed E-state index contributed by atoms with van der Waals surface area (Å²) in [6.07, 6.45) is 0. The Hall–Kier alpha value is -4.46. The van der Waals surface area contributed by atoms with E-state index in [2.05, 4.69) is 10.0 Å². The quantitative estimate of drug-likeness (QED) is 0.184. The normalized spacial score (nSPS) is 11.5. The second-order valence-electron chi connectivity index (χ2n) is 8.69. The number of hydrogen-bond acceptors (Lipinski definition) is 7. The molecule has 11 nitrogen and oxygen atoms in total. The van der Waals surface area contributed by atoms with Crippen molar-refractivity contribution in [3.8, 4) is 0 Å². The van der Waals surface area contributed by atoms with Gasteiger partial charge in [-0.2, -0.15) is 0 Å². The summed E-state index contributed by atoms with van der Waals surface area (Å²) in [5.74, 6) is -0.765. The summed E-state index contributed by atoms with van der Waals surface area (Å²) in [7, 11) is -8.27. The molecule has 0 heterocycles. The largest absolute Gasteiger partial charge is 0.325 e. The van der Waals surface area contributed by atoms with Crippen molar-refractivity contribution in [1.29, 1.82) is 0 Å². The predicted molar refractivity (Wildman–Crippen MR) is 156 cm³/mol. The van der Waals surface area contributed by atoms with Gasteiger partial charge in [-0.3, -0.25) is 23.9 Å². The van der Waals surface area contributed by atoms with Crippen LogP contribution in [-0.4, -0.2) is 34.2 Å². The molecule has 0 radical (unpaired) electrons. The molecule has 0 aromatic heterocycles. The summed E-state index contributed by atoms with van der Waals surface area (Å²) in [6.45, 7) is 0.960. The van der Waals surface area contributed by atoms with Crippen LogP contribution in [0, 0.1) is 17.0 Å². The highest BCUT2D eigenvalue weighted by atomic mass is 35.5. The third-order valence-electron chi connectivity index (χ3n) is 5.91. The van der Waals surface area contributed by atoms with Crippen LogP contribution in [0.2, 0.25) is 5.02 Å². The molecule has 4 aromatic rings. The first kappa shape index (κ1) is 29.5. The van der Waals surface area contributed by atoms with E-state index in [1.54, 1.807) is 31.2 Å². The van der Waals surface area contributed by atoms with Crippen LogP contribution in [0.4, 0.5) is 22.7 Å². The second kappa shape index (κ2) is 12.0. The summed E-state index contributed by atoms with van der Waals surface area (Å²) in [4.78, 5) is 23.4. The molecule has 0 unspecified atom stereocenters. The van der Waals surface area contributed by atoms with Crippen molar-refractivity contribution in [2.24, 2.45) is 0 Å². The van der Waals surface area contributed by atoms with Crippen LogP contribution in [0.3, 0.4) is 0 Å². The van der Waals surface area contributed by atoms with E-state index in [9.17, 15) is 31.7 Å². The van der Waals surface area contributed by atoms with Gasteiger partial charge in [0.1, 0.15) is 6.54 Å². The minimum Gasteiger partial charge on any atom is -0.325 e. The fraction of sp³-hybridized carbons (Fsp3) is 0.0741. The molecule has 212 valence electrons. The van der Waals surface area contributed by atoms with E-state index in [4.69, 9.17) is 11.6 Å². The van der Waals surface area contributed by atoms with Gasteiger partial charge in [0.2, 0.25) is 5.91 Å². The zero-order chi connectivity index (χ0) is 29.8. The Morgan fingerprint density at radius 1 is 0.878 bits per heavy atom. The van der Waals surface area contributed by atoms with E-state index in [0.717, 1.165) is 10.4 Å². The van der Waals surface area contributed by atoms with Crippen LogP contribution in [0.25, 0.3) is 0 Å². The Morgan fingerprint density at radius 3 is 2.20 bits per heavy atom. The Balaban J connectivity index is 1.56. The van der Waals surface area contributed by atoms with Crippen molar-refractivity contribution in [2.75, 3.05) is 20.9 Å². The molecule has 14 heteroatoms. The first-order valence-corrected chi connectivity index (χ1v) is 15.2. The second-order valence-corrected chi connectivity index (χ2v) is 12.6. The molecule has 0 saturated heterocycles. The molecule has 4 aromatic carbocycles. The summed E-state index contributed by atoms with van der Waals surface area (Å²) < 4.78 is 55.8. The molecule has 0 spiro atoms. The van der Waals surface area contributed by atoms with Gasteiger partial charge in [0.05, 0.1) is 26.1 Å². The highest BCUT2D eigenvalue weighted by Crippen LogP contribution is 2.28. The van der Waals surface area contributed by atoms with Crippen LogP contribution >= 0.6 is 11.6 Å². The summed E-state index contributed by atoms with van der Waals surface area (Å²) in [6, 6.07) is 22.3. The minimum absolute atomic E-state index is 0.0815. The van der Waals surface area contributed by atoms with Crippen molar-refractivity contribution >= 4 is 60.3 Å². The maximum atomic E-state index is 13.4. The molecule has 0 fully saturated rings. The van der Waals surface area contributed by atoms with Crippen molar-refractivity contribution in [1.82, 2.24) is 0 Å². The van der Waals surface area contributed by atoms with E-state index >= 15 is 0 Å². The van der Waals surface area contributed by atoms with Crippen LogP contribution in [-0.2, 0) is 24.8 Å². The molecule has 4 rings (SSSR count). The number of nitro benzene ring substituents is 1. The van der Waals surface area contributed by atoms with Crippen molar-refractivity contribution in [2.45, 2.75) is 16.7 Å². The van der Waals surface area contributed by atoms with Crippen molar-refractivity contribution < 1.29 is 26.6 Å². The number of nitrogens with one attached hydrogen (secondary N) is 2. The van der Waals surface area contributed by atoms with E-state index in [-0.39, 0.29) is 26.9 Å². The number of carbonyl (C=O) groups is 1. The minimum atomic E-state index is -4.29. The highest BCUT2D eigenvalue weighted by Gasteiger charge is 2.28. The monoisotopic (exact) mass is 614 g/mol. The third-order valence-corrected chi connectivity index (χ3v) is 9.49. The van der Waals surface area contributed by atoms with Gasteiger partial charge in [0.25, 0.3) is 25.7 Å². The maximum Gasteiger partial charge on any atom is 0.271 e. The number of carbonyl (C=O) groups excluding carboxylic acids is 1. The lowest BCUT2D eigenvalue weighted by Gasteiger charge is -2.24. The summed E-state index contributed by atoms with van der Waals surface area (Å²) in [5.41, 5.74) is 0.636. The number of benzene rings is 4. The lowest BCUT2D eigenvalue weighted by atomic mass is 10.2. The predicted octanol–water partition coefficient (Wildman–Crippen LogP) is 5.19. The SMILES string of the molecule is Cc1c(Cl)cccc1NS(=O)(=O)c1ccc(NC(=O)CN(c2cccc([N+](=O)[O-])c2)S(=O)(=O)c2ccccc2)cc1. The van der Waals surface area contributed by atoms with E-state index in [1.807, 2.05) is 0 Å². The van der Waals surface area contributed by atoms with E-state index in [1.165, 1.54) is 66.7 Å². The van der Waals surface area contributed by atoms with Gasteiger partial charge in [-0.05, 0) is 67.1 Å². The molecule has 0 aliphatic carbocycles. The lowest BCUT2D eigenvalue weighted by molar-refractivity contribution is -0.384. The first-order chi connectivity index (χ1) is 19.4. The number of non-ortho nitro benzene ring substituents is 1. The molecule has 0 aliphatic rings. The Labute approximate surface area is 241 Å². The third kappa shape index (κ3) is 6.82. The van der Waals surface area contributed by atoms with Crippen LogP contribution in [0.1, 0.15) is 5.56 Å². The van der Waals surface area contributed by atoms with E-state index < -0.39 is 37.4 Å². The fourth-order valence-electron chi connectivity index (χ4n) is 3.77. The maximum absolute atomic E-state index is 13.4. The molecule has 41 heavy (non-hydrogen) atoms. The lowest BCUT2D eigenvalue weighted by Crippen LogP contribution is -2.38. The van der Waals surface area contributed by atoms with Gasteiger partial charge in [0, 0.05) is 22.8 Å². The zero-order valence-corrected chi connectivity index (χ0v) is 23.8. The average molecular weight is 615 g/mol. The standard InChI is InChI=1S/C27H23ClN4O7S2/c1-19-25(28)11-6-12-26(19)30-40(36,37)23-15-13-20(14-16-23)29-27(33)18-31(21-7-5-8-22(17-21)32(34)35)41(38,39)24-9-3-2-4-10-24/h2-17,30H,18H2,1H3,(H,29,33). The highest BCUT2D eigenvalue weighted by molar-refractivity contribution is 7.93. The number of halogens is 1. The van der Waals surface area contributed by atoms with Gasteiger partial charge in [-0.15, -0.1) is 0 Å². The average Bonchev–Trinajstić information content (AvgIpc) is 2.95. The van der Waals surface area contributed by atoms with Gasteiger partial charge >= 0.3 is 0 Å². The number of sulfonamides is 2. The topological polar surface area (TPSA) is 156 Å². The van der Waals surface area contributed by atoms with Gasteiger partial charge in [0.15, 0.2) is 0 Å². The summed E-state index contributed by atoms with van der Waals surface area (Å²) >= 11 is 6.07. The van der Waals surface area contributed by atoms with Gasteiger partial charge in [-0.25, -0.2) is 16.8 Å². The van der Waals surface area contributed by atoms with Crippen LogP contribution in [0.5, 0.6) is 0 Å². The molecule has 2 N–H and O–H groups in total. The molecular formula is C27H23ClN4O7S2. The van der Waals surface area contributed by atoms with E-state index in [0.29, 0.717) is 16.3 Å². The molecule has 0 bridgehead atoms. The summed E-state index contributed by atoms with van der Waals surface area (Å²) in [5, 5.41) is 14.2. The smallest absolute Gasteiger partial charge is 0.271 e. The Kier molecular flexibility index (Phi) is 8.61. The number of amides is 1. The van der Waals surface area contributed by atoms with Crippen LogP contribution in [0.15, 0.2) is 107 Å². The zero-order valence-electron chi connectivity index (χ0n) is 21.4. The van der Waals surface area contributed by atoms with Crippen LogP contribution < -0.4 is 14.3 Å². The first-order valence-electron chi connectivity index (χ1n) is 11.9.